The van der Waals surface area contributed by atoms with Crippen molar-refractivity contribution in [1.29, 1.82) is 0 Å². The number of oxime groups is 1. The fraction of sp³-hybridized carbons (Fsp3) is 0.133. The fourth-order valence-corrected chi connectivity index (χ4v) is 1.71. The molecule has 86 valence electrons. The van der Waals surface area contributed by atoms with Crippen LogP contribution in [0.4, 0.5) is 0 Å². The van der Waals surface area contributed by atoms with E-state index in [0.29, 0.717) is 6.61 Å². The van der Waals surface area contributed by atoms with Gasteiger partial charge in [0.2, 0.25) is 0 Å². The summed E-state index contributed by atoms with van der Waals surface area (Å²) in [6, 6.07) is 18.8. The molecule has 0 bridgehead atoms. The lowest BCUT2D eigenvalue weighted by molar-refractivity contribution is 0.133. The predicted octanol–water partition coefficient (Wildman–Crippen LogP) is 3.41. The van der Waals surface area contributed by atoms with Crippen molar-refractivity contribution < 1.29 is 4.84 Å². The molecule has 0 aromatic heterocycles. The largest absolute Gasteiger partial charge is 0.391 e. The number of benzene rings is 2. The van der Waals surface area contributed by atoms with Crippen molar-refractivity contribution in [3.63, 3.8) is 0 Å². The minimum atomic E-state index is 0.481. The van der Waals surface area contributed by atoms with Gasteiger partial charge in [-0.05, 0) is 23.1 Å². The maximum atomic E-state index is 4.89. The first-order valence-electron chi connectivity index (χ1n) is 5.58. The molecule has 0 aliphatic carbocycles. The average Bonchev–Trinajstić information content (AvgIpc) is 2.39. The number of hydrogen-bond donors (Lipinski definition) is 0. The smallest absolute Gasteiger partial charge is 0.142 e. The van der Waals surface area contributed by atoms with Crippen molar-refractivity contribution >= 4 is 6.72 Å². The summed E-state index contributed by atoms with van der Waals surface area (Å²) in [7, 11) is 0. The van der Waals surface area contributed by atoms with Crippen LogP contribution in [0, 0.1) is 0 Å². The van der Waals surface area contributed by atoms with Gasteiger partial charge in [0.15, 0.2) is 0 Å². The van der Waals surface area contributed by atoms with Gasteiger partial charge in [-0.1, -0.05) is 54.6 Å². The van der Waals surface area contributed by atoms with Crippen LogP contribution in [0.3, 0.4) is 0 Å². The first-order valence-corrected chi connectivity index (χ1v) is 5.58. The highest BCUT2D eigenvalue weighted by molar-refractivity contribution is 5.28. The molecule has 2 aromatic rings. The van der Waals surface area contributed by atoms with Crippen LogP contribution in [-0.2, 0) is 17.9 Å². The average molecular weight is 225 g/mol. The lowest BCUT2D eigenvalue weighted by Crippen LogP contribution is -1.90. The van der Waals surface area contributed by atoms with Crippen LogP contribution in [0.25, 0.3) is 0 Å². The molecule has 0 radical (unpaired) electrons. The monoisotopic (exact) mass is 225 g/mol. The molecule has 17 heavy (non-hydrogen) atoms. The first-order chi connectivity index (χ1) is 8.38. The Labute approximate surface area is 102 Å². The van der Waals surface area contributed by atoms with E-state index in [2.05, 4.69) is 60.4 Å². The third-order valence-electron chi connectivity index (χ3n) is 2.60. The van der Waals surface area contributed by atoms with Gasteiger partial charge in [-0.15, -0.1) is 5.16 Å². The van der Waals surface area contributed by atoms with E-state index in [1.165, 1.54) is 11.1 Å². The summed E-state index contributed by atoms with van der Waals surface area (Å²) in [5.41, 5.74) is 3.73. The SMILES string of the molecule is C=NOCc1ccc(Cc2ccccc2)cc1. The molecule has 0 N–H and O–H groups in total. The zero-order chi connectivity index (χ0) is 11.9. The Balaban J connectivity index is 2.01. The van der Waals surface area contributed by atoms with E-state index >= 15 is 0 Å². The molecular weight excluding hydrogens is 210 g/mol. The Morgan fingerprint density at radius 1 is 0.824 bits per heavy atom. The topological polar surface area (TPSA) is 21.6 Å². The molecule has 0 amide bonds. The van der Waals surface area contributed by atoms with Gasteiger partial charge in [0.1, 0.15) is 6.61 Å². The van der Waals surface area contributed by atoms with Gasteiger partial charge in [0.05, 0.1) is 0 Å². The van der Waals surface area contributed by atoms with E-state index in [-0.39, 0.29) is 0 Å². The highest BCUT2D eigenvalue weighted by Gasteiger charge is 1.97. The maximum Gasteiger partial charge on any atom is 0.142 e. The standard InChI is InChI=1S/C15H15NO/c1-16-17-12-15-9-7-14(8-10-15)11-13-5-3-2-4-6-13/h2-10H,1,11-12H2. The van der Waals surface area contributed by atoms with E-state index in [1.54, 1.807) is 0 Å². The highest BCUT2D eigenvalue weighted by Crippen LogP contribution is 2.11. The number of rotatable bonds is 5. The molecule has 0 spiro atoms. The van der Waals surface area contributed by atoms with E-state index in [9.17, 15) is 0 Å². The first kappa shape index (κ1) is 11.4. The van der Waals surface area contributed by atoms with Crippen molar-refractivity contribution in [2.45, 2.75) is 13.0 Å². The third kappa shape index (κ3) is 3.45. The molecule has 0 saturated heterocycles. The summed E-state index contributed by atoms with van der Waals surface area (Å²) >= 11 is 0. The Hall–Kier alpha value is -2.09. The maximum absolute atomic E-state index is 4.89. The van der Waals surface area contributed by atoms with Crippen molar-refractivity contribution in [3.8, 4) is 0 Å². The number of hydrogen-bond acceptors (Lipinski definition) is 2. The summed E-state index contributed by atoms with van der Waals surface area (Å²) in [6.45, 7) is 3.76. The summed E-state index contributed by atoms with van der Waals surface area (Å²) in [5, 5.41) is 3.37. The van der Waals surface area contributed by atoms with Crippen LogP contribution in [0.15, 0.2) is 59.8 Å². The summed E-state index contributed by atoms with van der Waals surface area (Å²) in [5.74, 6) is 0. The van der Waals surface area contributed by atoms with Crippen molar-refractivity contribution in [1.82, 2.24) is 0 Å². The Morgan fingerprint density at radius 3 is 2.06 bits per heavy atom. The van der Waals surface area contributed by atoms with E-state index in [0.717, 1.165) is 12.0 Å². The lowest BCUT2D eigenvalue weighted by Gasteiger charge is -2.03. The van der Waals surface area contributed by atoms with Crippen LogP contribution in [0.2, 0.25) is 0 Å². The van der Waals surface area contributed by atoms with E-state index < -0.39 is 0 Å². The van der Waals surface area contributed by atoms with Gasteiger partial charge >= 0.3 is 0 Å². The molecule has 0 aliphatic rings. The van der Waals surface area contributed by atoms with Crippen LogP contribution in [-0.4, -0.2) is 6.72 Å². The van der Waals surface area contributed by atoms with Gasteiger partial charge in [0.25, 0.3) is 0 Å². The second-order valence-corrected chi connectivity index (χ2v) is 3.88. The van der Waals surface area contributed by atoms with Crippen molar-refractivity contribution in [2.24, 2.45) is 5.16 Å². The molecule has 0 saturated carbocycles. The summed E-state index contributed by atoms with van der Waals surface area (Å²) in [6.07, 6.45) is 0.960. The molecule has 2 nitrogen and oxygen atoms in total. The molecule has 0 atom stereocenters. The molecule has 0 aliphatic heterocycles. The quantitative estimate of drug-likeness (QED) is 0.564. The van der Waals surface area contributed by atoms with Gasteiger partial charge in [-0.25, -0.2) is 0 Å². The van der Waals surface area contributed by atoms with Crippen molar-refractivity contribution in [3.05, 3.63) is 71.3 Å². The van der Waals surface area contributed by atoms with Crippen LogP contribution in [0.1, 0.15) is 16.7 Å². The Kier molecular flexibility index (Phi) is 3.92. The van der Waals surface area contributed by atoms with E-state index in [1.807, 2.05) is 6.07 Å². The molecule has 0 fully saturated rings. The molecule has 0 heterocycles. The summed E-state index contributed by atoms with van der Waals surface area (Å²) < 4.78 is 0. The zero-order valence-electron chi connectivity index (χ0n) is 9.67. The second kappa shape index (κ2) is 5.85. The Morgan fingerprint density at radius 2 is 1.41 bits per heavy atom. The molecule has 2 aromatic carbocycles. The normalized spacial score (nSPS) is 9.88. The molecule has 2 rings (SSSR count). The minimum absolute atomic E-state index is 0.481. The molecule has 0 unspecified atom stereocenters. The second-order valence-electron chi connectivity index (χ2n) is 3.88. The lowest BCUT2D eigenvalue weighted by atomic mass is 10.0. The number of nitrogens with zero attached hydrogens (tertiary/aromatic N) is 1. The molecular formula is C15H15NO. The van der Waals surface area contributed by atoms with Gasteiger partial charge < -0.3 is 4.84 Å². The third-order valence-corrected chi connectivity index (χ3v) is 2.60. The van der Waals surface area contributed by atoms with Crippen LogP contribution in [0.5, 0.6) is 0 Å². The van der Waals surface area contributed by atoms with Crippen LogP contribution < -0.4 is 0 Å². The van der Waals surface area contributed by atoms with Gasteiger partial charge in [0, 0.05) is 6.72 Å². The van der Waals surface area contributed by atoms with Crippen molar-refractivity contribution in [2.75, 3.05) is 0 Å². The fourth-order valence-electron chi connectivity index (χ4n) is 1.71. The summed E-state index contributed by atoms with van der Waals surface area (Å²) in [4.78, 5) is 4.89. The minimum Gasteiger partial charge on any atom is -0.391 e. The van der Waals surface area contributed by atoms with Gasteiger partial charge in [-0.2, -0.15) is 0 Å². The zero-order valence-corrected chi connectivity index (χ0v) is 9.67. The van der Waals surface area contributed by atoms with Crippen LogP contribution >= 0.6 is 0 Å². The predicted molar refractivity (Wildman–Crippen MR) is 70.0 cm³/mol. The Bertz CT molecular complexity index is 462. The van der Waals surface area contributed by atoms with Gasteiger partial charge in [-0.3, -0.25) is 0 Å². The van der Waals surface area contributed by atoms with E-state index in [4.69, 9.17) is 4.84 Å². The highest BCUT2D eigenvalue weighted by atomic mass is 16.6. The molecule has 2 heteroatoms.